The fourth-order valence-corrected chi connectivity index (χ4v) is 3.66. The van der Waals surface area contributed by atoms with Crippen molar-refractivity contribution in [2.75, 3.05) is 27.3 Å². The maximum absolute atomic E-state index is 12.5. The average molecular weight is 415 g/mol. The number of hydrogen-bond acceptors (Lipinski definition) is 6. The van der Waals surface area contributed by atoms with Crippen LogP contribution in [0.25, 0.3) is 11.3 Å². The number of benzene rings is 1. The summed E-state index contributed by atoms with van der Waals surface area (Å²) in [5.41, 5.74) is 1.13. The Balaban J connectivity index is 1.70. The Bertz CT molecular complexity index is 915. The fraction of sp³-hybridized carbons (Fsp3) is 0.500. The van der Waals surface area contributed by atoms with E-state index in [0.717, 1.165) is 11.3 Å². The molecule has 2 aromatic rings. The van der Waals surface area contributed by atoms with Crippen LogP contribution >= 0.6 is 0 Å². The van der Waals surface area contributed by atoms with E-state index in [9.17, 15) is 9.59 Å². The minimum atomic E-state index is -0.259. The quantitative estimate of drug-likeness (QED) is 0.690. The van der Waals surface area contributed by atoms with Crippen LogP contribution in [0.4, 0.5) is 0 Å². The van der Waals surface area contributed by atoms with Crippen molar-refractivity contribution < 1.29 is 19.0 Å². The van der Waals surface area contributed by atoms with Crippen LogP contribution in [0.1, 0.15) is 26.7 Å². The Morgan fingerprint density at radius 1 is 1.13 bits per heavy atom. The van der Waals surface area contributed by atoms with Gasteiger partial charge in [-0.25, -0.2) is 4.68 Å². The van der Waals surface area contributed by atoms with E-state index >= 15 is 0 Å². The molecular formula is C22H29N3O5. The molecule has 1 amide bonds. The SMILES string of the molecule is COc1ccc(-c2nn(CCCC(=O)N3CC(C)OC(C)C3)c(=O)cc2OC)cc1. The lowest BCUT2D eigenvalue weighted by Crippen LogP contribution is -2.48. The third-order valence-corrected chi connectivity index (χ3v) is 5.08. The van der Waals surface area contributed by atoms with E-state index in [1.165, 1.54) is 17.9 Å². The van der Waals surface area contributed by atoms with Crippen LogP contribution < -0.4 is 15.0 Å². The second-order valence-electron chi connectivity index (χ2n) is 7.51. The lowest BCUT2D eigenvalue weighted by molar-refractivity contribution is -0.143. The number of nitrogens with zero attached hydrogens (tertiary/aromatic N) is 3. The van der Waals surface area contributed by atoms with Gasteiger partial charge in [0.2, 0.25) is 5.91 Å². The van der Waals surface area contributed by atoms with Gasteiger partial charge in [-0.3, -0.25) is 9.59 Å². The summed E-state index contributed by atoms with van der Waals surface area (Å²) in [6.45, 7) is 5.50. The minimum absolute atomic E-state index is 0.0376. The number of carbonyl (C=O) groups is 1. The van der Waals surface area contributed by atoms with E-state index in [1.807, 2.05) is 43.0 Å². The van der Waals surface area contributed by atoms with Crippen LogP contribution in [0.5, 0.6) is 11.5 Å². The summed E-state index contributed by atoms with van der Waals surface area (Å²) in [6.07, 6.45) is 0.962. The van der Waals surface area contributed by atoms with Crippen LogP contribution in [0.15, 0.2) is 35.1 Å². The molecule has 1 fully saturated rings. The molecule has 2 unspecified atom stereocenters. The molecule has 8 heteroatoms. The van der Waals surface area contributed by atoms with Crippen molar-refractivity contribution in [1.82, 2.24) is 14.7 Å². The van der Waals surface area contributed by atoms with Crippen LogP contribution in [0.2, 0.25) is 0 Å². The van der Waals surface area contributed by atoms with Crippen molar-refractivity contribution in [3.8, 4) is 22.8 Å². The molecule has 0 radical (unpaired) electrons. The molecule has 2 heterocycles. The molecule has 0 spiro atoms. The Hall–Kier alpha value is -2.87. The number of morpholine rings is 1. The van der Waals surface area contributed by atoms with Gasteiger partial charge >= 0.3 is 0 Å². The summed E-state index contributed by atoms with van der Waals surface area (Å²) in [5, 5.41) is 4.50. The third-order valence-electron chi connectivity index (χ3n) is 5.08. The van der Waals surface area contributed by atoms with Gasteiger partial charge in [0.15, 0.2) is 5.75 Å². The number of ether oxygens (including phenoxy) is 3. The maximum Gasteiger partial charge on any atom is 0.270 e. The van der Waals surface area contributed by atoms with Crippen LogP contribution in [-0.2, 0) is 16.1 Å². The largest absolute Gasteiger partial charge is 0.497 e. The number of carbonyl (C=O) groups excluding carboxylic acids is 1. The second kappa shape index (κ2) is 9.75. The topological polar surface area (TPSA) is 82.9 Å². The molecule has 0 aliphatic carbocycles. The van der Waals surface area contributed by atoms with E-state index in [2.05, 4.69) is 5.10 Å². The van der Waals surface area contributed by atoms with Gasteiger partial charge in [-0.1, -0.05) is 0 Å². The van der Waals surface area contributed by atoms with Gasteiger partial charge in [-0.2, -0.15) is 5.10 Å². The summed E-state index contributed by atoms with van der Waals surface area (Å²) in [6, 6.07) is 8.81. The molecule has 162 valence electrons. The standard InChI is InChI=1S/C22H29N3O5/c1-15-13-24(14-16(2)30-15)20(26)6-5-11-25-21(27)12-19(29-4)22(23-25)17-7-9-18(28-3)10-8-17/h7-10,12,15-16H,5-6,11,13-14H2,1-4H3. The first-order chi connectivity index (χ1) is 14.4. The van der Waals surface area contributed by atoms with Crippen molar-refractivity contribution >= 4 is 5.91 Å². The lowest BCUT2D eigenvalue weighted by atomic mass is 10.1. The number of aryl methyl sites for hydroxylation is 1. The molecule has 0 saturated carbocycles. The zero-order chi connectivity index (χ0) is 21.7. The Kier molecular flexibility index (Phi) is 7.10. The van der Waals surface area contributed by atoms with Crippen molar-refractivity contribution in [2.45, 2.75) is 45.4 Å². The molecule has 1 aliphatic rings. The number of aromatic nitrogens is 2. The molecule has 8 nitrogen and oxygen atoms in total. The molecule has 1 aliphatic heterocycles. The van der Waals surface area contributed by atoms with Gasteiger partial charge in [0.1, 0.15) is 11.4 Å². The van der Waals surface area contributed by atoms with Crippen molar-refractivity contribution in [3.63, 3.8) is 0 Å². The van der Waals surface area contributed by atoms with Crippen molar-refractivity contribution in [3.05, 3.63) is 40.7 Å². The van der Waals surface area contributed by atoms with Crippen LogP contribution in [0, 0.1) is 0 Å². The van der Waals surface area contributed by atoms with E-state index in [0.29, 0.717) is 43.9 Å². The second-order valence-corrected chi connectivity index (χ2v) is 7.51. The number of amides is 1. The highest BCUT2D eigenvalue weighted by Crippen LogP contribution is 2.27. The highest BCUT2D eigenvalue weighted by molar-refractivity contribution is 5.76. The maximum atomic E-state index is 12.5. The fourth-order valence-electron chi connectivity index (χ4n) is 3.66. The number of hydrogen-bond donors (Lipinski definition) is 0. The van der Waals surface area contributed by atoms with Gasteiger partial charge in [-0.15, -0.1) is 0 Å². The molecule has 2 atom stereocenters. The van der Waals surface area contributed by atoms with E-state index < -0.39 is 0 Å². The van der Waals surface area contributed by atoms with Crippen molar-refractivity contribution in [2.24, 2.45) is 0 Å². The molecule has 0 N–H and O–H groups in total. The number of methoxy groups -OCH3 is 2. The van der Waals surface area contributed by atoms with E-state index in [1.54, 1.807) is 7.11 Å². The summed E-state index contributed by atoms with van der Waals surface area (Å²) in [4.78, 5) is 26.8. The molecule has 3 rings (SSSR count). The third kappa shape index (κ3) is 5.18. The smallest absolute Gasteiger partial charge is 0.270 e. The van der Waals surface area contributed by atoms with Crippen LogP contribution in [-0.4, -0.2) is 60.1 Å². The van der Waals surface area contributed by atoms with Gasteiger partial charge < -0.3 is 19.1 Å². The zero-order valence-corrected chi connectivity index (χ0v) is 18.0. The summed E-state index contributed by atoms with van der Waals surface area (Å²) in [7, 11) is 3.12. The summed E-state index contributed by atoms with van der Waals surface area (Å²) in [5.74, 6) is 1.22. The Morgan fingerprint density at radius 2 is 1.80 bits per heavy atom. The predicted octanol–water partition coefficient (Wildman–Crippen LogP) is 2.34. The lowest BCUT2D eigenvalue weighted by Gasteiger charge is -2.35. The molecule has 1 aromatic carbocycles. The zero-order valence-electron chi connectivity index (χ0n) is 18.0. The number of rotatable bonds is 7. The van der Waals surface area contributed by atoms with Gasteiger partial charge in [-0.05, 0) is 44.5 Å². The summed E-state index contributed by atoms with van der Waals surface area (Å²) < 4.78 is 17.6. The Labute approximate surface area is 176 Å². The summed E-state index contributed by atoms with van der Waals surface area (Å²) >= 11 is 0. The first kappa shape index (κ1) is 21.8. The molecular weight excluding hydrogens is 386 g/mol. The van der Waals surface area contributed by atoms with E-state index in [-0.39, 0.29) is 23.7 Å². The first-order valence-electron chi connectivity index (χ1n) is 10.1. The van der Waals surface area contributed by atoms with Crippen molar-refractivity contribution in [1.29, 1.82) is 0 Å². The minimum Gasteiger partial charge on any atom is -0.497 e. The highest BCUT2D eigenvalue weighted by Gasteiger charge is 2.25. The first-order valence-corrected chi connectivity index (χ1v) is 10.1. The van der Waals surface area contributed by atoms with Gasteiger partial charge in [0, 0.05) is 37.7 Å². The molecule has 30 heavy (non-hydrogen) atoms. The van der Waals surface area contributed by atoms with E-state index in [4.69, 9.17) is 14.2 Å². The van der Waals surface area contributed by atoms with Crippen LogP contribution in [0.3, 0.4) is 0 Å². The van der Waals surface area contributed by atoms with Gasteiger partial charge in [0.05, 0.1) is 26.4 Å². The molecule has 1 saturated heterocycles. The molecule has 0 bridgehead atoms. The normalized spacial score (nSPS) is 18.9. The monoisotopic (exact) mass is 415 g/mol. The Morgan fingerprint density at radius 3 is 2.40 bits per heavy atom. The highest BCUT2D eigenvalue weighted by atomic mass is 16.5. The van der Waals surface area contributed by atoms with Gasteiger partial charge in [0.25, 0.3) is 5.56 Å². The predicted molar refractivity (Wildman–Crippen MR) is 113 cm³/mol. The average Bonchev–Trinajstić information content (AvgIpc) is 2.73. The molecule has 1 aromatic heterocycles.